The van der Waals surface area contributed by atoms with Crippen molar-refractivity contribution in [2.24, 2.45) is 0 Å². The van der Waals surface area contributed by atoms with E-state index in [-0.39, 0.29) is 0 Å². The Morgan fingerprint density at radius 3 is 1.23 bits per heavy atom. The van der Waals surface area contributed by atoms with Crippen LogP contribution in [0.5, 0.6) is 0 Å². The highest BCUT2D eigenvalue weighted by Gasteiger charge is 2.65. The molecule has 0 unspecified atom stereocenters. The van der Waals surface area contributed by atoms with Crippen LogP contribution in [0.1, 0.15) is 0 Å². The highest BCUT2D eigenvalue weighted by molar-refractivity contribution is 6.69. The summed E-state index contributed by atoms with van der Waals surface area (Å²) in [5, 5.41) is -4.07. The van der Waals surface area contributed by atoms with E-state index < -0.39 is 18.9 Å². The van der Waals surface area contributed by atoms with Crippen LogP contribution >= 0.6 is 81.2 Å². The third kappa shape index (κ3) is 2.93. The summed E-state index contributed by atoms with van der Waals surface area (Å²) < 4.78 is 19.6. The number of rotatable bonds is 3. The Morgan fingerprint density at radius 1 is 0.846 bits per heavy atom. The van der Waals surface area contributed by atoms with Crippen molar-refractivity contribution in [3.8, 4) is 0 Å². The molecule has 0 saturated carbocycles. The largest absolute Gasteiger partial charge is 0.357 e. The SMILES string of the molecule is FC(F)(Cl)C(Cl)(Cl)C(Cl)(Cl)C(Cl)Cl. The molecule has 0 saturated heterocycles. The second kappa shape index (κ2) is 4.40. The zero-order chi connectivity index (χ0) is 11.1. The Bertz CT molecular complexity index is 183. The van der Waals surface area contributed by atoms with Crippen molar-refractivity contribution >= 4 is 81.2 Å². The summed E-state index contributed by atoms with van der Waals surface area (Å²) in [6, 6.07) is 0. The number of hydrogen-bond donors (Lipinski definition) is 0. The van der Waals surface area contributed by atoms with Gasteiger partial charge in [-0.15, -0.1) is 23.2 Å². The molecule has 0 atom stereocenters. The molecule has 0 N–H and O–H groups in total. The van der Waals surface area contributed by atoms with Gasteiger partial charge in [-0.05, 0) is 11.6 Å². The van der Waals surface area contributed by atoms with Crippen molar-refractivity contribution in [1.29, 1.82) is 0 Å². The normalized spacial score (nSPS) is 15.2. The van der Waals surface area contributed by atoms with Gasteiger partial charge in [-0.25, -0.2) is 0 Å². The van der Waals surface area contributed by atoms with Gasteiger partial charge in [0.1, 0.15) is 4.84 Å². The van der Waals surface area contributed by atoms with E-state index in [0.717, 1.165) is 0 Å². The lowest BCUT2D eigenvalue weighted by molar-refractivity contribution is 0.0716. The number of alkyl halides is 9. The van der Waals surface area contributed by atoms with Gasteiger partial charge < -0.3 is 0 Å². The van der Waals surface area contributed by atoms with Gasteiger partial charge in [-0.3, -0.25) is 0 Å². The van der Waals surface area contributed by atoms with Gasteiger partial charge in [0.15, 0.2) is 4.33 Å². The van der Waals surface area contributed by atoms with Crippen LogP contribution in [0.25, 0.3) is 0 Å². The lowest BCUT2D eigenvalue weighted by Crippen LogP contribution is -2.51. The van der Waals surface area contributed by atoms with E-state index in [1.807, 2.05) is 0 Å². The zero-order valence-electron chi connectivity index (χ0n) is 5.48. The highest BCUT2D eigenvalue weighted by atomic mass is 35.5. The maximum atomic E-state index is 12.6. The Balaban J connectivity index is 5.04. The fourth-order valence-corrected chi connectivity index (χ4v) is 1.58. The van der Waals surface area contributed by atoms with Gasteiger partial charge in [0, 0.05) is 0 Å². The van der Waals surface area contributed by atoms with E-state index in [4.69, 9.17) is 69.6 Å². The summed E-state index contributed by atoms with van der Waals surface area (Å²) in [5.74, 6) is 0. The summed E-state index contributed by atoms with van der Waals surface area (Å²) >= 11 is 35.9. The van der Waals surface area contributed by atoms with Crippen LogP contribution in [-0.2, 0) is 0 Å². The molecule has 0 amide bonds. The molecule has 80 valence electrons. The van der Waals surface area contributed by atoms with Crippen molar-refractivity contribution in [3.63, 3.8) is 0 Å². The first-order valence-corrected chi connectivity index (χ1v) is 5.31. The summed E-state index contributed by atoms with van der Waals surface area (Å²) in [4.78, 5) is -1.63. The van der Waals surface area contributed by atoms with Gasteiger partial charge in [-0.1, -0.05) is 46.4 Å². The minimum absolute atomic E-state index is 1.63. The van der Waals surface area contributed by atoms with E-state index in [1.54, 1.807) is 0 Å². The molecule has 0 aromatic carbocycles. The van der Waals surface area contributed by atoms with Crippen molar-refractivity contribution < 1.29 is 8.78 Å². The molecule has 0 aliphatic heterocycles. The topological polar surface area (TPSA) is 0 Å². The van der Waals surface area contributed by atoms with Gasteiger partial charge in [0.2, 0.25) is 4.33 Å². The van der Waals surface area contributed by atoms with Crippen LogP contribution in [0.3, 0.4) is 0 Å². The molecule has 0 fully saturated rings. The maximum absolute atomic E-state index is 12.6. The van der Waals surface area contributed by atoms with E-state index in [9.17, 15) is 8.78 Å². The Hall–Kier alpha value is 1.89. The van der Waals surface area contributed by atoms with Gasteiger partial charge in [-0.2, -0.15) is 8.78 Å². The Labute approximate surface area is 108 Å². The van der Waals surface area contributed by atoms with Crippen molar-refractivity contribution in [3.05, 3.63) is 0 Å². The molecule has 0 rings (SSSR count). The first kappa shape index (κ1) is 14.9. The third-order valence-corrected chi connectivity index (χ3v) is 5.09. The van der Waals surface area contributed by atoms with Gasteiger partial charge in [0.25, 0.3) is 0 Å². The predicted octanol–water partition coefficient (Wildman–Crippen LogP) is 4.97. The molecule has 9 heteroatoms. The van der Waals surface area contributed by atoms with E-state index in [1.165, 1.54) is 0 Å². The number of hydrogen-bond acceptors (Lipinski definition) is 0. The van der Waals surface area contributed by atoms with Crippen molar-refractivity contribution in [2.75, 3.05) is 0 Å². The van der Waals surface area contributed by atoms with Crippen LogP contribution in [0.4, 0.5) is 8.78 Å². The Morgan fingerprint density at radius 2 is 1.15 bits per heavy atom. The number of halogens is 9. The quantitative estimate of drug-likeness (QED) is 0.639. The molecule has 0 radical (unpaired) electrons. The average Bonchev–Trinajstić information content (AvgIpc) is 1.84. The second-order valence-corrected chi connectivity index (χ2v) is 6.28. The molecular weight excluding hydrogens is 334 g/mol. The van der Waals surface area contributed by atoms with E-state index in [2.05, 4.69) is 11.6 Å². The molecule has 13 heavy (non-hydrogen) atoms. The van der Waals surface area contributed by atoms with Crippen LogP contribution in [0.2, 0.25) is 0 Å². The first-order chi connectivity index (χ1) is 5.44. The van der Waals surface area contributed by atoms with E-state index in [0.29, 0.717) is 0 Å². The standard InChI is InChI=1S/C4HCl7F2/c5-1(6)2(7,8)3(9,10)4(11,12)13/h1H. The predicted molar refractivity (Wildman–Crippen MR) is 55.2 cm³/mol. The lowest BCUT2D eigenvalue weighted by Gasteiger charge is -2.35. The summed E-state index contributed by atoms with van der Waals surface area (Å²) in [6.07, 6.45) is 0. The van der Waals surface area contributed by atoms with Crippen LogP contribution < -0.4 is 0 Å². The molecular formula is C4HCl7F2. The molecule has 0 aliphatic rings. The third-order valence-electron chi connectivity index (χ3n) is 1.05. The molecule has 0 aromatic heterocycles. The average molecular weight is 335 g/mol. The summed E-state index contributed by atoms with van der Waals surface area (Å²) in [5.41, 5.74) is 0. The van der Waals surface area contributed by atoms with E-state index >= 15 is 0 Å². The fraction of sp³-hybridized carbons (Fsp3) is 1.00. The monoisotopic (exact) mass is 332 g/mol. The summed E-state index contributed by atoms with van der Waals surface area (Å²) in [6.45, 7) is 0. The van der Waals surface area contributed by atoms with Crippen molar-refractivity contribution in [1.82, 2.24) is 0 Å². The van der Waals surface area contributed by atoms with Crippen LogP contribution in [0, 0.1) is 0 Å². The maximum Gasteiger partial charge on any atom is 0.357 e. The molecule has 0 heterocycles. The minimum Gasteiger partial charge on any atom is -0.185 e. The zero-order valence-corrected chi connectivity index (χ0v) is 10.8. The fourth-order valence-electron chi connectivity index (χ4n) is 0.326. The first-order valence-electron chi connectivity index (χ1n) is 2.55. The second-order valence-electron chi connectivity index (χ2n) is 2.00. The molecule has 0 spiro atoms. The smallest absolute Gasteiger partial charge is 0.185 e. The van der Waals surface area contributed by atoms with Crippen molar-refractivity contribution in [2.45, 2.75) is 18.9 Å². The summed E-state index contributed by atoms with van der Waals surface area (Å²) in [7, 11) is 0. The van der Waals surface area contributed by atoms with Crippen LogP contribution in [-0.4, -0.2) is 18.9 Å². The Kier molecular flexibility index (Phi) is 5.05. The van der Waals surface area contributed by atoms with Crippen LogP contribution in [0.15, 0.2) is 0 Å². The molecule has 0 nitrogen and oxygen atoms in total. The molecule has 0 aliphatic carbocycles. The minimum atomic E-state index is -4.07. The highest BCUT2D eigenvalue weighted by Crippen LogP contribution is 2.56. The molecule has 0 aromatic rings. The van der Waals surface area contributed by atoms with Gasteiger partial charge >= 0.3 is 5.38 Å². The molecule has 0 bridgehead atoms. The van der Waals surface area contributed by atoms with Gasteiger partial charge in [0.05, 0.1) is 0 Å². The lowest BCUT2D eigenvalue weighted by atomic mass is 10.3.